The monoisotopic (exact) mass is 219 g/mol. The molecular formula is C14H21NO. The van der Waals surface area contributed by atoms with E-state index in [1.54, 1.807) is 0 Å². The van der Waals surface area contributed by atoms with E-state index in [0.717, 1.165) is 38.3 Å². The van der Waals surface area contributed by atoms with Gasteiger partial charge in [0.15, 0.2) is 0 Å². The first-order valence-electron chi connectivity index (χ1n) is 6.23. The zero-order valence-corrected chi connectivity index (χ0v) is 10.3. The van der Waals surface area contributed by atoms with Crippen LogP contribution in [0.3, 0.4) is 0 Å². The van der Waals surface area contributed by atoms with Crippen LogP contribution in [0, 0.1) is 0 Å². The van der Waals surface area contributed by atoms with Crippen LogP contribution in [0.15, 0.2) is 18.2 Å². The largest absolute Gasteiger partial charge is 0.493 e. The Morgan fingerprint density at radius 1 is 1.38 bits per heavy atom. The van der Waals surface area contributed by atoms with E-state index in [9.17, 15) is 0 Å². The number of benzene rings is 1. The third kappa shape index (κ3) is 2.56. The molecule has 0 radical (unpaired) electrons. The first-order valence-corrected chi connectivity index (χ1v) is 6.23. The molecule has 0 saturated carbocycles. The SMILES string of the molecule is CCCCOc1cccc2c1CCN(C)C2. The normalized spacial score (nSPS) is 15.9. The zero-order chi connectivity index (χ0) is 11.4. The van der Waals surface area contributed by atoms with Crippen molar-refractivity contribution < 1.29 is 4.74 Å². The number of hydrogen-bond acceptors (Lipinski definition) is 2. The van der Waals surface area contributed by atoms with Gasteiger partial charge in [0.25, 0.3) is 0 Å². The Bertz CT molecular complexity index is 349. The fraction of sp³-hybridized carbons (Fsp3) is 0.571. The van der Waals surface area contributed by atoms with Crippen molar-refractivity contribution in [2.75, 3.05) is 20.2 Å². The third-order valence-corrected chi connectivity index (χ3v) is 3.17. The van der Waals surface area contributed by atoms with Crippen LogP contribution in [-0.4, -0.2) is 25.1 Å². The molecule has 2 nitrogen and oxygen atoms in total. The molecule has 1 aliphatic rings. The summed E-state index contributed by atoms with van der Waals surface area (Å²) in [6, 6.07) is 6.44. The van der Waals surface area contributed by atoms with Gasteiger partial charge in [0.1, 0.15) is 5.75 Å². The molecule has 88 valence electrons. The molecule has 16 heavy (non-hydrogen) atoms. The van der Waals surface area contributed by atoms with Crippen LogP contribution >= 0.6 is 0 Å². The molecule has 0 saturated heterocycles. The van der Waals surface area contributed by atoms with Gasteiger partial charge in [-0.3, -0.25) is 0 Å². The van der Waals surface area contributed by atoms with E-state index >= 15 is 0 Å². The lowest BCUT2D eigenvalue weighted by Crippen LogP contribution is -2.26. The molecule has 2 heteroatoms. The van der Waals surface area contributed by atoms with Crippen molar-refractivity contribution in [3.63, 3.8) is 0 Å². The van der Waals surface area contributed by atoms with Crippen LogP contribution in [0.25, 0.3) is 0 Å². The Morgan fingerprint density at radius 3 is 3.06 bits per heavy atom. The van der Waals surface area contributed by atoms with Crippen molar-refractivity contribution in [3.8, 4) is 5.75 Å². The van der Waals surface area contributed by atoms with Gasteiger partial charge in [0.2, 0.25) is 0 Å². The molecule has 1 aliphatic heterocycles. The van der Waals surface area contributed by atoms with Crippen LogP contribution in [0.4, 0.5) is 0 Å². The summed E-state index contributed by atoms with van der Waals surface area (Å²) >= 11 is 0. The second-order valence-electron chi connectivity index (χ2n) is 4.58. The lowest BCUT2D eigenvalue weighted by molar-refractivity contribution is 0.285. The van der Waals surface area contributed by atoms with Crippen LogP contribution < -0.4 is 4.74 Å². The van der Waals surface area contributed by atoms with Crippen molar-refractivity contribution >= 4 is 0 Å². The molecule has 0 fully saturated rings. The molecule has 0 N–H and O–H groups in total. The number of rotatable bonds is 4. The molecule has 0 spiro atoms. The lowest BCUT2D eigenvalue weighted by atomic mass is 9.99. The van der Waals surface area contributed by atoms with Gasteiger partial charge in [-0.25, -0.2) is 0 Å². The lowest BCUT2D eigenvalue weighted by Gasteiger charge is -2.26. The number of likely N-dealkylation sites (N-methyl/N-ethyl adjacent to an activating group) is 1. The summed E-state index contributed by atoms with van der Waals surface area (Å²) in [4.78, 5) is 2.36. The van der Waals surface area contributed by atoms with Crippen LogP contribution in [-0.2, 0) is 13.0 Å². The molecule has 1 aromatic rings. The molecule has 0 aliphatic carbocycles. The molecule has 0 aromatic heterocycles. The van der Waals surface area contributed by atoms with Gasteiger partial charge in [-0.05, 0) is 37.1 Å². The zero-order valence-electron chi connectivity index (χ0n) is 10.3. The summed E-state index contributed by atoms with van der Waals surface area (Å²) in [5.74, 6) is 1.11. The molecule has 0 atom stereocenters. The first kappa shape index (κ1) is 11.5. The van der Waals surface area contributed by atoms with E-state index in [2.05, 4.69) is 37.1 Å². The maximum atomic E-state index is 5.86. The van der Waals surface area contributed by atoms with Crippen molar-refractivity contribution in [3.05, 3.63) is 29.3 Å². The van der Waals surface area contributed by atoms with E-state index in [0.29, 0.717) is 0 Å². The maximum absolute atomic E-state index is 5.86. The minimum atomic E-state index is 0.850. The Labute approximate surface area is 98.2 Å². The topological polar surface area (TPSA) is 12.5 Å². The van der Waals surface area contributed by atoms with Gasteiger partial charge in [-0.2, -0.15) is 0 Å². The predicted octanol–water partition coefficient (Wildman–Crippen LogP) is 2.85. The van der Waals surface area contributed by atoms with E-state index in [1.165, 1.54) is 17.5 Å². The van der Waals surface area contributed by atoms with E-state index < -0.39 is 0 Å². The minimum Gasteiger partial charge on any atom is -0.493 e. The number of hydrogen-bond donors (Lipinski definition) is 0. The summed E-state index contributed by atoms with van der Waals surface area (Å²) in [5, 5.41) is 0. The third-order valence-electron chi connectivity index (χ3n) is 3.17. The fourth-order valence-corrected chi connectivity index (χ4v) is 2.18. The fourth-order valence-electron chi connectivity index (χ4n) is 2.18. The van der Waals surface area contributed by atoms with Crippen LogP contribution in [0.2, 0.25) is 0 Å². The second-order valence-corrected chi connectivity index (χ2v) is 4.58. The standard InChI is InChI=1S/C14H21NO/c1-3-4-10-16-14-7-5-6-12-11-15(2)9-8-13(12)14/h5-7H,3-4,8-11H2,1-2H3. The van der Waals surface area contributed by atoms with Gasteiger partial charge >= 0.3 is 0 Å². The Kier molecular flexibility index (Phi) is 3.83. The highest BCUT2D eigenvalue weighted by molar-refractivity contribution is 5.41. The average molecular weight is 219 g/mol. The first-order chi connectivity index (χ1) is 7.81. The van der Waals surface area contributed by atoms with Crippen molar-refractivity contribution in [1.82, 2.24) is 4.90 Å². The van der Waals surface area contributed by atoms with Crippen molar-refractivity contribution in [2.24, 2.45) is 0 Å². The number of ether oxygens (including phenoxy) is 1. The number of nitrogens with zero attached hydrogens (tertiary/aromatic N) is 1. The minimum absolute atomic E-state index is 0.850. The Morgan fingerprint density at radius 2 is 2.25 bits per heavy atom. The van der Waals surface area contributed by atoms with Crippen molar-refractivity contribution in [1.29, 1.82) is 0 Å². The molecule has 0 unspecified atom stereocenters. The molecule has 0 bridgehead atoms. The van der Waals surface area contributed by atoms with Gasteiger partial charge in [0, 0.05) is 13.1 Å². The molecule has 0 amide bonds. The Balaban J connectivity index is 2.10. The predicted molar refractivity (Wildman–Crippen MR) is 66.9 cm³/mol. The van der Waals surface area contributed by atoms with Crippen LogP contribution in [0.5, 0.6) is 5.75 Å². The smallest absolute Gasteiger partial charge is 0.122 e. The average Bonchev–Trinajstić information content (AvgIpc) is 2.29. The molecule has 1 aromatic carbocycles. The van der Waals surface area contributed by atoms with Gasteiger partial charge in [-0.1, -0.05) is 25.5 Å². The number of unbranched alkanes of at least 4 members (excludes halogenated alkanes) is 1. The highest BCUT2D eigenvalue weighted by atomic mass is 16.5. The van der Waals surface area contributed by atoms with E-state index in [1.807, 2.05) is 0 Å². The molecule has 1 heterocycles. The van der Waals surface area contributed by atoms with E-state index in [-0.39, 0.29) is 0 Å². The Hall–Kier alpha value is -1.02. The summed E-state index contributed by atoms with van der Waals surface area (Å²) in [7, 11) is 2.17. The van der Waals surface area contributed by atoms with Gasteiger partial charge in [0.05, 0.1) is 6.61 Å². The summed E-state index contributed by atoms with van der Waals surface area (Å²) in [6.45, 7) is 5.24. The van der Waals surface area contributed by atoms with Crippen LogP contribution in [0.1, 0.15) is 30.9 Å². The van der Waals surface area contributed by atoms with Gasteiger partial charge < -0.3 is 9.64 Å². The highest BCUT2D eigenvalue weighted by Gasteiger charge is 2.16. The van der Waals surface area contributed by atoms with E-state index in [4.69, 9.17) is 4.74 Å². The summed E-state index contributed by atoms with van der Waals surface area (Å²) < 4.78 is 5.86. The molecule has 2 rings (SSSR count). The quantitative estimate of drug-likeness (QED) is 0.722. The van der Waals surface area contributed by atoms with Gasteiger partial charge in [-0.15, -0.1) is 0 Å². The molecular weight excluding hydrogens is 198 g/mol. The second kappa shape index (κ2) is 5.35. The summed E-state index contributed by atoms with van der Waals surface area (Å²) in [5.41, 5.74) is 2.86. The number of fused-ring (bicyclic) bond motifs is 1. The highest BCUT2D eigenvalue weighted by Crippen LogP contribution is 2.27. The van der Waals surface area contributed by atoms with Crippen molar-refractivity contribution in [2.45, 2.75) is 32.7 Å². The summed E-state index contributed by atoms with van der Waals surface area (Å²) in [6.07, 6.45) is 3.45. The maximum Gasteiger partial charge on any atom is 0.122 e.